The SMILES string of the molecule is Clc1ccc(/C=C2\CCCC3=C2N=C2SC=C(c4ccc(Br)cc4)N2[C@H]3c2ccc(Cl)cc2Cl)c(Cl)c1. The predicted octanol–water partition coefficient (Wildman–Crippen LogP) is 11.0. The van der Waals surface area contributed by atoms with Crippen molar-refractivity contribution >= 4 is 91.0 Å². The Morgan fingerprint density at radius 2 is 1.62 bits per heavy atom. The van der Waals surface area contributed by atoms with Crippen LogP contribution in [0.1, 0.15) is 42.0 Å². The van der Waals surface area contributed by atoms with Gasteiger partial charge in [0.1, 0.15) is 0 Å². The fourth-order valence-corrected chi connectivity index (χ4v) is 7.22. The Morgan fingerprint density at radius 3 is 2.35 bits per heavy atom. The summed E-state index contributed by atoms with van der Waals surface area (Å²) in [7, 11) is 0. The Bertz CT molecular complexity index is 1540. The molecule has 0 N–H and O–H groups in total. The van der Waals surface area contributed by atoms with Crippen LogP contribution in [0, 0.1) is 0 Å². The van der Waals surface area contributed by atoms with Gasteiger partial charge in [-0.2, -0.15) is 0 Å². The first-order valence-electron chi connectivity index (χ1n) is 11.7. The van der Waals surface area contributed by atoms with E-state index in [-0.39, 0.29) is 6.04 Å². The lowest BCUT2D eigenvalue weighted by molar-refractivity contribution is 0.458. The van der Waals surface area contributed by atoms with Crippen LogP contribution >= 0.6 is 74.1 Å². The van der Waals surface area contributed by atoms with Gasteiger partial charge in [-0.1, -0.05) is 98.4 Å². The van der Waals surface area contributed by atoms with Crippen LogP contribution in [-0.4, -0.2) is 10.1 Å². The van der Waals surface area contributed by atoms with Crippen LogP contribution in [0.4, 0.5) is 0 Å². The van der Waals surface area contributed by atoms with Gasteiger partial charge in [0.15, 0.2) is 5.17 Å². The largest absolute Gasteiger partial charge is 0.308 e. The molecule has 0 spiro atoms. The van der Waals surface area contributed by atoms with Crippen molar-refractivity contribution in [2.45, 2.75) is 25.3 Å². The number of fused-ring (bicyclic) bond motifs is 1. The first-order valence-corrected chi connectivity index (χ1v) is 14.9. The fraction of sp³-hybridized carbons (Fsp3) is 0.138. The summed E-state index contributed by atoms with van der Waals surface area (Å²) in [4.78, 5) is 7.54. The molecule has 0 aromatic heterocycles. The smallest absolute Gasteiger partial charge is 0.174 e. The van der Waals surface area contributed by atoms with Gasteiger partial charge in [0, 0.05) is 30.0 Å². The first kappa shape index (κ1) is 25.6. The van der Waals surface area contributed by atoms with Crippen molar-refractivity contribution in [3.8, 4) is 0 Å². The highest BCUT2D eigenvalue weighted by Gasteiger charge is 2.41. The van der Waals surface area contributed by atoms with Gasteiger partial charge < -0.3 is 4.90 Å². The van der Waals surface area contributed by atoms with Crippen molar-refractivity contribution in [1.29, 1.82) is 0 Å². The zero-order valence-corrected chi connectivity index (χ0v) is 24.7. The summed E-state index contributed by atoms with van der Waals surface area (Å²) in [5, 5.41) is 5.63. The summed E-state index contributed by atoms with van der Waals surface area (Å²) >= 11 is 31.0. The van der Waals surface area contributed by atoms with E-state index in [9.17, 15) is 0 Å². The maximum atomic E-state index is 6.85. The zero-order valence-electron chi connectivity index (χ0n) is 19.3. The molecule has 2 aliphatic heterocycles. The zero-order chi connectivity index (χ0) is 25.7. The van der Waals surface area contributed by atoms with Gasteiger partial charge in [-0.25, -0.2) is 4.99 Å². The number of hydrogen-bond acceptors (Lipinski definition) is 3. The Labute approximate surface area is 248 Å². The van der Waals surface area contributed by atoms with Gasteiger partial charge in [0.05, 0.1) is 17.4 Å². The summed E-state index contributed by atoms with van der Waals surface area (Å²) in [6.07, 6.45) is 5.01. The second-order valence-electron chi connectivity index (χ2n) is 9.02. The lowest BCUT2D eigenvalue weighted by Crippen LogP contribution is -2.35. The molecule has 0 bridgehead atoms. The van der Waals surface area contributed by atoms with E-state index in [0.29, 0.717) is 20.1 Å². The van der Waals surface area contributed by atoms with Crippen LogP contribution in [0.2, 0.25) is 20.1 Å². The number of aliphatic imine (C=N–C) groups is 1. The molecule has 37 heavy (non-hydrogen) atoms. The Kier molecular flexibility index (Phi) is 7.26. The van der Waals surface area contributed by atoms with Gasteiger partial charge in [-0.15, -0.1) is 0 Å². The first-order chi connectivity index (χ1) is 17.9. The summed E-state index contributed by atoms with van der Waals surface area (Å²) in [6, 6.07) is 19.6. The number of benzene rings is 3. The third-order valence-corrected chi connectivity index (χ3v) is 9.22. The molecule has 2 nitrogen and oxygen atoms in total. The van der Waals surface area contributed by atoms with E-state index in [1.807, 2.05) is 30.3 Å². The van der Waals surface area contributed by atoms with Crippen molar-refractivity contribution < 1.29 is 0 Å². The second kappa shape index (κ2) is 10.5. The topological polar surface area (TPSA) is 15.6 Å². The monoisotopic (exact) mass is 646 g/mol. The van der Waals surface area contributed by atoms with Crippen LogP contribution in [0.25, 0.3) is 11.8 Å². The molecule has 0 unspecified atom stereocenters. The number of nitrogens with zero attached hydrogens (tertiary/aromatic N) is 2. The molecule has 186 valence electrons. The number of allylic oxidation sites excluding steroid dienone is 1. The van der Waals surface area contributed by atoms with Gasteiger partial charge >= 0.3 is 0 Å². The van der Waals surface area contributed by atoms with E-state index in [0.717, 1.165) is 57.0 Å². The van der Waals surface area contributed by atoms with Crippen molar-refractivity contribution in [2.24, 2.45) is 4.99 Å². The average molecular weight is 649 g/mol. The third kappa shape index (κ3) is 4.93. The predicted molar refractivity (Wildman–Crippen MR) is 164 cm³/mol. The van der Waals surface area contributed by atoms with Gasteiger partial charge in [-0.05, 0) is 89.6 Å². The molecular formula is C29H19BrCl4N2S. The molecule has 3 aromatic carbocycles. The highest BCUT2D eigenvalue weighted by Crippen LogP contribution is 2.52. The molecular weight excluding hydrogens is 630 g/mol. The van der Waals surface area contributed by atoms with E-state index in [4.69, 9.17) is 51.4 Å². The van der Waals surface area contributed by atoms with Crippen molar-refractivity contribution in [3.63, 3.8) is 0 Å². The Hall–Kier alpha value is -1.66. The highest BCUT2D eigenvalue weighted by molar-refractivity contribution is 9.10. The van der Waals surface area contributed by atoms with Crippen molar-refractivity contribution in [1.82, 2.24) is 4.90 Å². The molecule has 0 saturated heterocycles. The molecule has 1 aliphatic carbocycles. The minimum atomic E-state index is -0.0958. The Balaban J connectivity index is 1.52. The fourth-order valence-electron chi connectivity index (χ4n) is 5.05. The standard InChI is InChI=1S/C29H19BrCl4N2S/c30-19-7-4-16(5-8-19)26-15-37-29-35-27-18(12-17-6-9-20(31)13-24(17)33)2-1-3-23(27)28(36(26)29)22-11-10-21(32)14-25(22)34/h4-15,28H,1-3H2/b18-12+/t28-/m0/s1. The van der Waals surface area contributed by atoms with Gasteiger partial charge in [0.2, 0.25) is 0 Å². The third-order valence-electron chi connectivity index (χ3n) is 6.73. The van der Waals surface area contributed by atoms with Crippen LogP contribution in [0.15, 0.2) is 92.4 Å². The highest BCUT2D eigenvalue weighted by atomic mass is 79.9. The number of amidine groups is 1. The van der Waals surface area contributed by atoms with Gasteiger partial charge in [0.25, 0.3) is 0 Å². The van der Waals surface area contributed by atoms with E-state index in [1.54, 1.807) is 17.8 Å². The summed E-state index contributed by atoms with van der Waals surface area (Å²) in [5.74, 6) is 0. The lowest BCUT2D eigenvalue weighted by Gasteiger charge is -2.40. The van der Waals surface area contributed by atoms with Crippen molar-refractivity contribution in [3.05, 3.63) is 124 Å². The number of rotatable bonds is 3. The number of hydrogen-bond donors (Lipinski definition) is 0. The van der Waals surface area contributed by atoms with E-state index >= 15 is 0 Å². The molecule has 0 radical (unpaired) electrons. The number of halogens is 5. The molecule has 1 atom stereocenters. The molecule has 0 saturated carbocycles. The summed E-state index contributed by atoms with van der Waals surface area (Å²) < 4.78 is 1.04. The number of thioether (sulfide) groups is 1. The van der Waals surface area contributed by atoms with Gasteiger partial charge in [-0.3, -0.25) is 0 Å². The summed E-state index contributed by atoms with van der Waals surface area (Å²) in [5.41, 5.74) is 7.63. The normalized spacial score (nSPS) is 20.1. The molecule has 3 aliphatic rings. The van der Waals surface area contributed by atoms with Crippen LogP contribution in [-0.2, 0) is 0 Å². The van der Waals surface area contributed by atoms with E-state index < -0.39 is 0 Å². The van der Waals surface area contributed by atoms with E-state index in [2.05, 4.69) is 56.6 Å². The maximum Gasteiger partial charge on any atom is 0.174 e. The van der Waals surface area contributed by atoms with Crippen LogP contribution < -0.4 is 0 Å². The molecule has 0 fully saturated rings. The molecule has 8 heteroatoms. The molecule has 0 amide bonds. The van der Waals surface area contributed by atoms with Crippen LogP contribution in [0.5, 0.6) is 0 Å². The summed E-state index contributed by atoms with van der Waals surface area (Å²) in [6.45, 7) is 0. The molecule has 2 heterocycles. The lowest BCUT2D eigenvalue weighted by atomic mass is 9.82. The van der Waals surface area contributed by atoms with Crippen LogP contribution in [0.3, 0.4) is 0 Å². The van der Waals surface area contributed by atoms with E-state index in [1.165, 1.54) is 11.1 Å². The molecule has 6 rings (SSSR count). The average Bonchev–Trinajstić information content (AvgIpc) is 3.29. The second-order valence-corrected chi connectivity index (χ2v) is 12.5. The maximum absolute atomic E-state index is 6.85. The van der Waals surface area contributed by atoms with Crippen molar-refractivity contribution in [2.75, 3.05) is 0 Å². The minimum absolute atomic E-state index is 0.0958. The quantitative estimate of drug-likeness (QED) is 0.281. The molecule has 3 aromatic rings. The Morgan fingerprint density at radius 1 is 0.892 bits per heavy atom. The minimum Gasteiger partial charge on any atom is -0.308 e.